The van der Waals surface area contributed by atoms with Crippen LogP contribution in [0.4, 0.5) is 5.69 Å². The summed E-state index contributed by atoms with van der Waals surface area (Å²) in [6, 6.07) is 10.3. The van der Waals surface area contributed by atoms with E-state index in [4.69, 9.17) is 28.9 Å². The number of anilines is 1. The lowest BCUT2D eigenvalue weighted by Gasteiger charge is -2.17. The number of hydrogen-bond acceptors (Lipinski definition) is 2. The third-order valence-electron chi connectivity index (χ3n) is 3.23. The Labute approximate surface area is 134 Å². The summed E-state index contributed by atoms with van der Waals surface area (Å²) in [4.78, 5) is 12.3. The van der Waals surface area contributed by atoms with E-state index in [0.29, 0.717) is 21.3 Å². The van der Waals surface area contributed by atoms with Gasteiger partial charge in [0.05, 0.1) is 11.6 Å². The normalized spacial score (nSPS) is 12.0. The predicted octanol–water partition coefficient (Wildman–Crippen LogP) is 4.38. The fraction of sp³-hybridized carbons (Fsp3) is 0.188. The number of halogens is 2. The number of rotatable bonds is 3. The summed E-state index contributed by atoms with van der Waals surface area (Å²) in [7, 11) is 0. The molecule has 0 saturated heterocycles. The summed E-state index contributed by atoms with van der Waals surface area (Å²) in [6.07, 6.45) is 0. The summed E-state index contributed by atoms with van der Waals surface area (Å²) in [5, 5.41) is 3.97. The zero-order chi connectivity index (χ0) is 15.6. The standard InChI is InChI=1S/C16H16Cl2N2O/c1-9-3-5-13(15(19)7-9)16(21)20-10(2)12-6-4-11(17)8-14(12)18/h3-8,10H,19H2,1-2H3,(H,20,21). The molecule has 0 heterocycles. The van der Waals surface area contributed by atoms with Crippen molar-refractivity contribution < 1.29 is 4.79 Å². The van der Waals surface area contributed by atoms with Gasteiger partial charge in [0.1, 0.15) is 0 Å². The molecule has 0 spiro atoms. The van der Waals surface area contributed by atoms with Gasteiger partial charge < -0.3 is 11.1 Å². The quantitative estimate of drug-likeness (QED) is 0.824. The van der Waals surface area contributed by atoms with Gasteiger partial charge in [-0.05, 0) is 49.2 Å². The van der Waals surface area contributed by atoms with Gasteiger partial charge in [0.25, 0.3) is 5.91 Å². The second-order valence-corrected chi connectivity index (χ2v) is 5.80. The van der Waals surface area contributed by atoms with E-state index < -0.39 is 0 Å². The molecule has 0 radical (unpaired) electrons. The number of aryl methyl sites for hydroxylation is 1. The van der Waals surface area contributed by atoms with Crippen LogP contribution in [0, 0.1) is 6.92 Å². The molecule has 0 aliphatic carbocycles. The van der Waals surface area contributed by atoms with Crippen LogP contribution in [-0.2, 0) is 0 Å². The van der Waals surface area contributed by atoms with Gasteiger partial charge in [0.2, 0.25) is 0 Å². The lowest BCUT2D eigenvalue weighted by atomic mass is 10.1. The zero-order valence-corrected chi connectivity index (χ0v) is 13.3. The van der Waals surface area contributed by atoms with Gasteiger partial charge in [-0.3, -0.25) is 4.79 Å². The van der Waals surface area contributed by atoms with Crippen molar-refractivity contribution in [3.05, 3.63) is 63.1 Å². The van der Waals surface area contributed by atoms with Gasteiger partial charge in [-0.15, -0.1) is 0 Å². The molecule has 21 heavy (non-hydrogen) atoms. The molecule has 2 aromatic carbocycles. The Morgan fingerprint density at radius 1 is 1.19 bits per heavy atom. The van der Waals surface area contributed by atoms with Crippen LogP contribution in [0.3, 0.4) is 0 Å². The number of benzene rings is 2. The van der Waals surface area contributed by atoms with Crippen LogP contribution >= 0.6 is 23.2 Å². The van der Waals surface area contributed by atoms with Gasteiger partial charge in [0, 0.05) is 15.7 Å². The average molecular weight is 323 g/mol. The van der Waals surface area contributed by atoms with Crippen LogP contribution in [0.15, 0.2) is 36.4 Å². The first kappa shape index (κ1) is 15.7. The summed E-state index contributed by atoms with van der Waals surface area (Å²) in [5.41, 5.74) is 8.62. The highest BCUT2D eigenvalue weighted by molar-refractivity contribution is 6.35. The molecule has 0 bridgehead atoms. The Bertz CT molecular complexity index is 686. The monoisotopic (exact) mass is 322 g/mol. The van der Waals surface area contributed by atoms with Gasteiger partial charge in [-0.1, -0.05) is 35.3 Å². The summed E-state index contributed by atoms with van der Waals surface area (Å²) >= 11 is 12.0. The Hall–Kier alpha value is -1.71. The fourth-order valence-electron chi connectivity index (χ4n) is 2.09. The maximum Gasteiger partial charge on any atom is 0.253 e. The molecule has 3 N–H and O–H groups in total. The third-order valence-corrected chi connectivity index (χ3v) is 3.79. The summed E-state index contributed by atoms with van der Waals surface area (Å²) < 4.78 is 0. The van der Waals surface area contributed by atoms with E-state index in [2.05, 4.69) is 5.32 Å². The molecular formula is C16H16Cl2N2O. The lowest BCUT2D eigenvalue weighted by molar-refractivity contribution is 0.0941. The highest BCUT2D eigenvalue weighted by atomic mass is 35.5. The van der Waals surface area contributed by atoms with Crippen molar-refractivity contribution >= 4 is 34.8 Å². The van der Waals surface area contributed by atoms with Crippen molar-refractivity contribution in [3.8, 4) is 0 Å². The molecule has 5 heteroatoms. The molecule has 3 nitrogen and oxygen atoms in total. The predicted molar refractivity (Wildman–Crippen MR) is 87.9 cm³/mol. The van der Waals surface area contributed by atoms with Crippen LogP contribution < -0.4 is 11.1 Å². The molecule has 0 aromatic heterocycles. The maximum atomic E-state index is 12.3. The first-order valence-corrected chi connectivity index (χ1v) is 7.26. The molecule has 2 rings (SSSR count). The molecule has 0 aliphatic rings. The average Bonchev–Trinajstić information content (AvgIpc) is 2.37. The third kappa shape index (κ3) is 3.69. The van der Waals surface area contributed by atoms with Crippen LogP contribution in [-0.4, -0.2) is 5.91 Å². The Morgan fingerprint density at radius 2 is 1.90 bits per heavy atom. The number of carbonyl (C=O) groups is 1. The number of carbonyl (C=O) groups excluding carboxylic acids is 1. The number of amides is 1. The minimum absolute atomic E-state index is 0.231. The number of hydrogen-bond donors (Lipinski definition) is 2. The van der Waals surface area contributed by atoms with E-state index in [1.807, 2.05) is 19.9 Å². The number of nitrogens with two attached hydrogens (primary N) is 1. The minimum atomic E-state index is -0.247. The van der Waals surface area contributed by atoms with E-state index in [9.17, 15) is 4.79 Å². The fourth-order valence-corrected chi connectivity index (χ4v) is 2.67. The molecule has 2 aromatic rings. The largest absolute Gasteiger partial charge is 0.398 e. The Morgan fingerprint density at radius 3 is 2.52 bits per heavy atom. The first-order valence-electron chi connectivity index (χ1n) is 6.50. The summed E-state index contributed by atoms with van der Waals surface area (Å²) in [5.74, 6) is -0.231. The van der Waals surface area contributed by atoms with Crippen molar-refractivity contribution in [2.75, 3.05) is 5.73 Å². The summed E-state index contributed by atoms with van der Waals surface area (Å²) in [6.45, 7) is 3.78. The van der Waals surface area contributed by atoms with Gasteiger partial charge in [-0.2, -0.15) is 0 Å². The number of nitrogens with one attached hydrogen (secondary N) is 1. The molecule has 1 amide bonds. The molecule has 0 aliphatic heterocycles. The lowest BCUT2D eigenvalue weighted by Crippen LogP contribution is -2.27. The maximum absolute atomic E-state index is 12.3. The van der Waals surface area contributed by atoms with E-state index in [1.54, 1.807) is 30.3 Å². The molecule has 110 valence electrons. The second kappa shape index (κ2) is 6.37. The molecular weight excluding hydrogens is 307 g/mol. The van der Waals surface area contributed by atoms with E-state index >= 15 is 0 Å². The first-order chi connectivity index (χ1) is 9.88. The van der Waals surface area contributed by atoms with Crippen LogP contribution in [0.2, 0.25) is 10.0 Å². The molecule has 0 fully saturated rings. The molecule has 0 saturated carbocycles. The van der Waals surface area contributed by atoms with Crippen molar-refractivity contribution in [1.29, 1.82) is 0 Å². The Kier molecular flexibility index (Phi) is 4.76. The smallest absolute Gasteiger partial charge is 0.253 e. The SMILES string of the molecule is Cc1ccc(C(=O)NC(C)c2ccc(Cl)cc2Cl)c(N)c1. The van der Waals surface area contributed by atoms with E-state index in [-0.39, 0.29) is 11.9 Å². The Balaban J connectivity index is 2.18. The van der Waals surface area contributed by atoms with E-state index in [0.717, 1.165) is 11.1 Å². The van der Waals surface area contributed by atoms with Crippen molar-refractivity contribution in [1.82, 2.24) is 5.32 Å². The van der Waals surface area contributed by atoms with Gasteiger partial charge in [-0.25, -0.2) is 0 Å². The van der Waals surface area contributed by atoms with Crippen LogP contribution in [0.5, 0.6) is 0 Å². The second-order valence-electron chi connectivity index (χ2n) is 4.95. The molecule has 1 atom stereocenters. The molecule has 1 unspecified atom stereocenters. The highest BCUT2D eigenvalue weighted by Crippen LogP contribution is 2.26. The van der Waals surface area contributed by atoms with Gasteiger partial charge in [0.15, 0.2) is 0 Å². The van der Waals surface area contributed by atoms with Crippen molar-refractivity contribution in [2.45, 2.75) is 19.9 Å². The van der Waals surface area contributed by atoms with Crippen LogP contribution in [0.1, 0.15) is 34.5 Å². The van der Waals surface area contributed by atoms with Crippen molar-refractivity contribution in [2.24, 2.45) is 0 Å². The highest BCUT2D eigenvalue weighted by Gasteiger charge is 2.16. The van der Waals surface area contributed by atoms with E-state index in [1.165, 1.54) is 0 Å². The van der Waals surface area contributed by atoms with Crippen molar-refractivity contribution in [3.63, 3.8) is 0 Å². The minimum Gasteiger partial charge on any atom is -0.398 e. The van der Waals surface area contributed by atoms with Gasteiger partial charge >= 0.3 is 0 Å². The topological polar surface area (TPSA) is 55.1 Å². The zero-order valence-electron chi connectivity index (χ0n) is 11.8. The van der Waals surface area contributed by atoms with Crippen LogP contribution in [0.25, 0.3) is 0 Å². The number of nitrogen functional groups attached to an aromatic ring is 1.